The van der Waals surface area contributed by atoms with Gasteiger partial charge in [0.1, 0.15) is 11.5 Å². The number of para-hydroxylation sites is 1. The van der Waals surface area contributed by atoms with Gasteiger partial charge < -0.3 is 20.0 Å². The first-order valence-corrected chi connectivity index (χ1v) is 11.2. The van der Waals surface area contributed by atoms with Crippen molar-refractivity contribution in [3.63, 3.8) is 0 Å². The van der Waals surface area contributed by atoms with Crippen LogP contribution in [0.4, 0.5) is 11.6 Å². The highest BCUT2D eigenvalue weighted by molar-refractivity contribution is 6.10. The molecule has 4 aromatic rings. The molecule has 1 heterocycles. The molecule has 0 saturated heterocycles. The van der Waals surface area contributed by atoms with E-state index >= 15 is 0 Å². The van der Waals surface area contributed by atoms with Gasteiger partial charge in [-0.3, -0.25) is 19.9 Å². The number of aliphatic imine (C=N–C) groups is 1. The Bertz CT molecular complexity index is 1470. The van der Waals surface area contributed by atoms with E-state index in [4.69, 9.17) is 4.74 Å². The molecular weight excluding hydrogens is 474 g/mol. The molecule has 1 atom stereocenters. The summed E-state index contributed by atoms with van der Waals surface area (Å²) < 4.78 is 5.79. The van der Waals surface area contributed by atoms with E-state index in [-0.39, 0.29) is 17.6 Å². The van der Waals surface area contributed by atoms with Crippen LogP contribution in [0.15, 0.2) is 101 Å². The van der Waals surface area contributed by atoms with Crippen LogP contribution in [0.1, 0.15) is 28.9 Å². The molecule has 0 radical (unpaired) electrons. The number of ether oxygens (including phenoxy) is 1. The van der Waals surface area contributed by atoms with E-state index in [1.54, 1.807) is 54.6 Å². The summed E-state index contributed by atoms with van der Waals surface area (Å²) in [6.45, 7) is 1.35. The summed E-state index contributed by atoms with van der Waals surface area (Å²) in [5.74, 6) is -1.95. The number of aliphatic carboxylic acids is 1. The van der Waals surface area contributed by atoms with Crippen molar-refractivity contribution in [2.75, 3.05) is 5.32 Å². The van der Waals surface area contributed by atoms with Crippen LogP contribution >= 0.6 is 0 Å². The number of hydrogen-bond donors (Lipinski definition) is 3. The van der Waals surface area contributed by atoms with Gasteiger partial charge >= 0.3 is 0 Å². The minimum absolute atomic E-state index is 0.0290. The zero-order valence-electron chi connectivity index (χ0n) is 19.7. The third kappa shape index (κ3) is 6.89. The number of nitrogens with zero attached hydrogens (tertiary/aromatic N) is 2. The molecule has 0 fully saturated rings. The predicted molar refractivity (Wildman–Crippen MR) is 136 cm³/mol. The van der Waals surface area contributed by atoms with Crippen LogP contribution in [0.3, 0.4) is 0 Å². The van der Waals surface area contributed by atoms with Crippen LogP contribution in [-0.2, 0) is 4.79 Å². The fraction of sp³-hybridized carbons (Fsp3) is 0.0741. The van der Waals surface area contributed by atoms with Gasteiger partial charge in [0, 0.05) is 23.2 Å². The van der Waals surface area contributed by atoms with Crippen molar-refractivity contribution < 1.29 is 19.4 Å². The number of carbonyl (C=O) groups is 2. The largest absolute Gasteiger partial charge is 0.549 e. The number of carbonyl (C=O) groups excluding carboxylic acids is 2. The molecule has 10 heteroatoms. The third-order valence-corrected chi connectivity index (χ3v) is 5.13. The van der Waals surface area contributed by atoms with Crippen molar-refractivity contribution in [3.8, 4) is 11.5 Å². The van der Waals surface area contributed by atoms with Gasteiger partial charge in [-0.15, -0.1) is 0 Å². The van der Waals surface area contributed by atoms with E-state index in [9.17, 15) is 19.5 Å². The fourth-order valence-electron chi connectivity index (χ4n) is 3.19. The van der Waals surface area contributed by atoms with Crippen LogP contribution in [0, 0.1) is 0 Å². The quantitative estimate of drug-likeness (QED) is 0.263. The van der Waals surface area contributed by atoms with Crippen molar-refractivity contribution in [3.05, 3.63) is 113 Å². The first-order chi connectivity index (χ1) is 17.9. The molecule has 0 spiro atoms. The molecule has 3 N–H and O–H groups in total. The van der Waals surface area contributed by atoms with Crippen LogP contribution in [0.2, 0.25) is 0 Å². The highest BCUT2D eigenvalue weighted by Gasteiger charge is 2.13. The number of aromatic nitrogens is 2. The summed E-state index contributed by atoms with van der Waals surface area (Å²) in [6, 6.07) is 25.7. The number of hydrogen-bond acceptors (Lipinski definition) is 7. The standard InChI is InChI=1S/C27H23N5O5/c1-17(25(35)36)22-16-23(33)30-27(29-22)32-26(31-24(34)18-8-4-2-5-9-18)28-19-12-14-21(15-13-19)37-20-10-6-3-7-11-20/h2-17H,1H3,(H,35,36)(H3,28,29,30,31,32,33,34)/p-1. The molecule has 0 aliphatic heterocycles. The Labute approximate surface area is 211 Å². The number of benzene rings is 3. The maximum absolute atomic E-state index is 12.8. The lowest BCUT2D eigenvalue weighted by Gasteiger charge is -2.14. The van der Waals surface area contributed by atoms with Gasteiger partial charge in [-0.1, -0.05) is 43.3 Å². The fourth-order valence-corrected chi connectivity index (χ4v) is 3.19. The Hall–Kier alpha value is -5.25. The van der Waals surface area contributed by atoms with Crippen LogP contribution in [-0.4, -0.2) is 27.8 Å². The molecule has 1 amide bonds. The molecule has 3 aromatic carbocycles. The topological polar surface area (TPSA) is 149 Å². The second-order valence-corrected chi connectivity index (χ2v) is 7.88. The van der Waals surface area contributed by atoms with E-state index in [0.29, 0.717) is 22.7 Å². The summed E-state index contributed by atoms with van der Waals surface area (Å²) in [7, 11) is 0. The van der Waals surface area contributed by atoms with Gasteiger partial charge in [-0.25, -0.2) is 4.98 Å². The molecule has 4 rings (SSSR count). The lowest BCUT2D eigenvalue weighted by atomic mass is 10.1. The van der Waals surface area contributed by atoms with Crippen molar-refractivity contribution in [2.45, 2.75) is 12.8 Å². The molecule has 1 unspecified atom stereocenters. The van der Waals surface area contributed by atoms with Crippen molar-refractivity contribution in [1.82, 2.24) is 15.3 Å². The van der Waals surface area contributed by atoms with E-state index in [2.05, 4.69) is 25.6 Å². The number of H-pyrrole nitrogens is 1. The predicted octanol–water partition coefficient (Wildman–Crippen LogP) is 2.95. The highest BCUT2D eigenvalue weighted by atomic mass is 16.5. The number of amides is 1. The van der Waals surface area contributed by atoms with Crippen molar-refractivity contribution in [1.29, 1.82) is 0 Å². The molecule has 0 bridgehead atoms. The number of nitrogens with one attached hydrogen (secondary N) is 3. The number of rotatable bonds is 7. The minimum Gasteiger partial charge on any atom is -0.549 e. The van der Waals surface area contributed by atoms with Crippen LogP contribution in [0.5, 0.6) is 11.5 Å². The number of anilines is 1. The first-order valence-electron chi connectivity index (χ1n) is 11.2. The smallest absolute Gasteiger partial charge is 0.257 e. The summed E-state index contributed by atoms with van der Waals surface area (Å²) in [5, 5.41) is 16.9. The molecular formula is C27H22N5O5-. The van der Waals surface area contributed by atoms with Gasteiger partial charge in [0.25, 0.3) is 11.5 Å². The van der Waals surface area contributed by atoms with Gasteiger partial charge in [-0.05, 0) is 48.5 Å². The Morgan fingerprint density at radius 2 is 1.57 bits per heavy atom. The average molecular weight is 497 g/mol. The Morgan fingerprint density at radius 1 is 0.946 bits per heavy atom. The van der Waals surface area contributed by atoms with Gasteiger partial charge in [0.15, 0.2) is 0 Å². The average Bonchev–Trinajstić information content (AvgIpc) is 2.90. The SMILES string of the molecule is CC(C(=O)[O-])c1cc(=O)[nH]c(/N=C(\NC(=O)c2ccccc2)Nc2ccc(Oc3ccccc3)cc2)n1. The lowest BCUT2D eigenvalue weighted by Crippen LogP contribution is -2.36. The lowest BCUT2D eigenvalue weighted by molar-refractivity contribution is -0.307. The van der Waals surface area contributed by atoms with Gasteiger partial charge in [0.05, 0.1) is 11.7 Å². The zero-order valence-corrected chi connectivity index (χ0v) is 19.7. The Kier molecular flexibility index (Phi) is 7.69. The number of aromatic amines is 1. The second-order valence-electron chi connectivity index (χ2n) is 7.88. The highest BCUT2D eigenvalue weighted by Crippen LogP contribution is 2.23. The van der Waals surface area contributed by atoms with E-state index in [0.717, 1.165) is 6.07 Å². The Morgan fingerprint density at radius 3 is 2.22 bits per heavy atom. The molecule has 10 nitrogen and oxygen atoms in total. The maximum atomic E-state index is 12.8. The maximum Gasteiger partial charge on any atom is 0.257 e. The molecule has 186 valence electrons. The monoisotopic (exact) mass is 496 g/mol. The van der Waals surface area contributed by atoms with E-state index in [1.807, 2.05) is 30.3 Å². The third-order valence-electron chi connectivity index (χ3n) is 5.13. The molecule has 0 aliphatic carbocycles. The zero-order chi connectivity index (χ0) is 26.2. The minimum atomic E-state index is -1.39. The van der Waals surface area contributed by atoms with Crippen molar-refractivity contribution >= 4 is 29.5 Å². The summed E-state index contributed by atoms with van der Waals surface area (Å²) >= 11 is 0. The Balaban J connectivity index is 1.62. The molecule has 1 aromatic heterocycles. The van der Waals surface area contributed by atoms with Gasteiger partial charge in [0.2, 0.25) is 11.9 Å². The normalized spacial score (nSPS) is 11.9. The molecule has 0 saturated carbocycles. The summed E-state index contributed by atoms with van der Waals surface area (Å²) in [6.07, 6.45) is 0. The number of guanidine groups is 1. The van der Waals surface area contributed by atoms with E-state index in [1.165, 1.54) is 6.92 Å². The molecule has 0 aliphatic rings. The first kappa shape index (κ1) is 24.9. The molecule has 37 heavy (non-hydrogen) atoms. The second kappa shape index (κ2) is 11.5. The number of carboxylic acids is 1. The van der Waals surface area contributed by atoms with Crippen molar-refractivity contribution in [2.24, 2.45) is 4.99 Å². The van der Waals surface area contributed by atoms with Crippen LogP contribution < -0.4 is 26.0 Å². The summed E-state index contributed by atoms with van der Waals surface area (Å²) in [5.41, 5.74) is 0.296. The van der Waals surface area contributed by atoms with Crippen LogP contribution in [0.25, 0.3) is 0 Å². The number of carboxylic acid groups (broad SMARTS) is 1. The van der Waals surface area contributed by atoms with Gasteiger partial charge in [-0.2, -0.15) is 4.99 Å². The summed E-state index contributed by atoms with van der Waals surface area (Å²) in [4.78, 5) is 46.9. The van der Waals surface area contributed by atoms with E-state index < -0.39 is 23.4 Å².